The predicted molar refractivity (Wildman–Crippen MR) is 190 cm³/mol. The van der Waals surface area contributed by atoms with Crippen LogP contribution < -0.4 is 19.5 Å². The Bertz CT molecular complexity index is 1910. The number of methoxy groups -OCH3 is 2. The number of rotatable bonds is 14. The summed E-state index contributed by atoms with van der Waals surface area (Å²) in [6.07, 6.45) is 0.771. The van der Waals surface area contributed by atoms with E-state index in [-0.39, 0.29) is 30.5 Å². The highest BCUT2D eigenvalue weighted by Gasteiger charge is 2.36. The summed E-state index contributed by atoms with van der Waals surface area (Å²) < 4.78 is 18.8. The molecule has 2 aromatic heterocycles. The number of aromatic nitrogens is 3. The molecule has 49 heavy (non-hydrogen) atoms. The summed E-state index contributed by atoms with van der Waals surface area (Å²) in [6.45, 7) is 2.63. The van der Waals surface area contributed by atoms with Crippen LogP contribution >= 0.6 is 23.1 Å². The first-order valence-electron chi connectivity index (χ1n) is 15.7. The molecule has 0 saturated carbocycles. The predicted octanol–water partition coefficient (Wildman–Crippen LogP) is 6.07. The molecule has 0 radical (unpaired) electrons. The van der Waals surface area contributed by atoms with Crippen molar-refractivity contribution in [2.24, 2.45) is 5.10 Å². The van der Waals surface area contributed by atoms with Crippen LogP contribution in [0.4, 0.5) is 0 Å². The summed E-state index contributed by atoms with van der Waals surface area (Å²) in [7, 11) is 3.18. The van der Waals surface area contributed by atoms with Crippen LogP contribution in [0.3, 0.4) is 0 Å². The van der Waals surface area contributed by atoms with Gasteiger partial charge < -0.3 is 19.5 Å². The van der Waals surface area contributed by atoms with Gasteiger partial charge in [0, 0.05) is 17.7 Å². The van der Waals surface area contributed by atoms with Crippen molar-refractivity contribution in [1.82, 2.24) is 25.1 Å². The monoisotopic (exact) mass is 696 g/mol. The highest BCUT2D eigenvalue weighted by atomic mass is 32.2. The number of ether oxygens (including phenoxy) is 3. The Kier molecular flexibility index (Phi) is 10.9. The number of nitrogens with zero attached hydrogens (tertiary/aromatic N) is 5. The van der Waals surface area contributed by atoms with Gasteiger partial charge in [-0.25, -0.2) is 5.01 Å². The number of amides is 2. The van der Waals surface area contributed by atoms with Crippen LogP contribution in [0.2, 0.25) is 0 Å². The highest BCUT2D eigenvalue weighted by Crippen LogP contribution is 2.42. The number of thiophene rings is 1. The average Bonchev–Trinajstić information content (AvgIpc) is 3.91. The molecule has 0 saturated heterocycles. The van der Waals surface area contributed by atoms with E-state index in [1.54, 1.807) is 30.6 Å². The van der Waals surface area contributed by atoms with Crippen LogP contribution in [0, 0.1) is 0 Å². The van der Waals surface area contributed by atoms with Crippen LogP contribution in [-0.4, -0.2) is 63.9 Å². The maximum Gasteiger partial charge on any atom is 0.253 e. The molecule has 13 heteroatoms. The van der Waals surface area contributed by atoms with Gasteiger partial charge in [-0.05, 0) is 54.3 Å². The van der Waals surface area contributed by atoms with Crippen LogP contribution in [-0.2, 0) is 22.6 Å². The smallest absolute Gasteiger partial charge is 0.253 e. The van der Waals surface area contributed by atoms with Crippen molar-refractivity contribution >= 4 is 40.6 Å². The van der Waals surface area contributed by atoms with Gasteiger partial charge in [0.15, 0.2) is 22.5 Å². The minimum atomic E-state index is -0.394. The molecule has 1 aliphatic rings. The number of hydrazone groups is 1. The van der Waals surface area contributed by atoms with E-state index in [1.165, 1.54) is 11.8 Å². The first kappa shape index (κ1) is 33.7. The van der Waals surface area contributed by atoms with E-state index in [0.717, 1.165) is 33.2 Å². The number of carbonyl (C=O) groups is 2. The fourth-order valence-electron chi connectivity index (χ4n) is 5.59. The Balaban J connectivity index is 1.25. The molecular weight excluding hydrogens is 661 g/mol. The van der Waals surface area contributed by atoms with Gasteiger partial charge in [0.05, 0.1) is 56.2 Å². The third-order valence-electron chi connectivity index (χ3n) is 7.85. The molecular formula is C36H36N6O5S2. The molecule has 0 bridgehead atoms. The first-order chi connectivity index (χ1) is 24.0. The van der Waals surface area contributed by atoms with Gasteiger partial charge in [0.1, 0.15) is 5.75 Å². The van der Waals surface area contributed by atoms with Crippen molar-refractivity contribution in [2.45, 2.75) is 37.5 Å². The average molecular weight is 697 g/mol. The van der Waals surface area contributed by atoms with E-state index in [0.29, 0.717) is 35.5 Å². The summed E-state index contributed by atoms with van der Waals surface area (Å²) in [6, 6.07) is 26.3. The van der Waals surface area contributed by atoms with E-state index >= 15 is 0 Å². The Labute approximate surface area is 292 Å². The summed E-state index contributed by atoms with van der Waals surface area (Å²) in [5.74, 6) is 2.11. The third-order valence-corrected chi connectivity index (χ3v) is 9.68. The number of nitrogens with one attached hydrogen (secondary N) is 1. The molecule has 0 aliphatic carbocycles. The lowest BCUT2D eigenvalue weighted by molar-refractivity contribution is -0.130. The summed E-state index contributed by atoms with van der Waals surface area (Å²) in [5, 5.41) is 20.7. The molecule has 3 heterocycles. The van der Waals surface area contributed by atoms with Gasteiger partial charge in [-0.2, -0.15) is 5.10 Å². The first-order valence-corrected chi connectivity index (χ1v) is 17.6. The number of para-hydroxylation sites is 1. The second kappa shape index (κ2) is 15.8. The molecule has 1 N–H and O–H groups in total. The zero-order valence-electron chi connectivity index (χ0n) is 27.4. The summed E-state index contributed by atoms with van der Waals surface area (Å²) >= 11 is 2.84. The third kappa shape index (κ3) is 7.79. The quantitative estimate of drug-likeness (QED) is 0.139. The lowest BCUT2D eigenvalue weighted by atomic mass is 9.99. The molecule has 5 aromatic rings. The van der Waals surface area contributed by atoms with Gasteiger partial charge in [0.2, 0.25) is 5.91 Å². The van der Waals surface area contributed by atoms with Crippen molar-refractivity contribution in [3.63, 3.8) is 0 Å². The van der Waals surface area contributed by atoms with E-state index in [2.05, 4.69) is 15.5 Å². The topological polar surface area (TPSA) is 120 Å². The van der Waals surface area contributed by atoms with E-state index in [9.17, 15) is 9.59 Å². The maximum absolute atomic E-state index is 14.0. The number of benzene rings is 3. The number of hydrogen-bond donors (Lipinski definition) is 1. The van der Waals surface area contributed by atoms with Gasteiger partial charge in [0.25, 0.3) is 5.91 Å². The highest BCUT2D eigenvalue weighted by molar-refractivity contribution is 7.99. The molecule has 0 spiro atoms. The van der Waals surface area contributed by atoms with Crippen molar-refractivity contribution in [3.8, 4) is 22.9 Å². The zero-order chi connectivity index (χ0) is 34.2. The van der Waals surface area contributed by atoms with E-state index in [1.807, 2.05) is 102 Å². The summed E-state index contributed by atoms with van der Waals surface area (Å²) in [5.41, 5.74) is 3.32. The Morgan fingerprint density at radius 3 is 2.49 bits per heavy atom. The van der Waals surface area contributed by atoms with Crippen LogP contribution in [0.5, 0.6) is 17.2 Å². The zero-order valence-corrected chi connectivity index (χ0v) is 29.0. The van der Waals surface area contributed by atoms with Crippen LogP contribution in [0.25, 0.3) is 5.69 Å². The molecule has 2 amide bonds. The minimum absolute atomic E-state index is 0.0412. The van der Waals surface area contributed by atoms with Gasteiger partial charge in [-0.15, -0.1) is 21.5 Å². The van der Waals surface area contributed by atoms with Gasteiger partial charge in [-0.1, -0.05) is 60.3 Å². The number of hydrogen-bond acceptors (Lipinski definition) is 10. The molecule has 252 valence electrons. The Morgan fingerprint density at radius 2 is 1.78 bits per heavy atom. The Hall–Kier alpha value is -5.14. The normalized spacial score (nSPS) is 14.0. The molecule has 1 aliphatic heterocycles. The van der Waals surface area contributed by atoms with Crippen molar-refractivity contribution < 1.29 is 23.8 Å². The molecule has 11 nitrogen and oxygen atoms in total. The molecule has 1 unspecified atom stereocenters. The van der Waals surface area contributed by atoms with Crippen molar-refractivity contribution in [2.75, 3.05) is 26.6 Å². The van der Waals surface area contributed by atoms with E-state index < -0.39 is 6.04 Å². The molecule has 0 fully saturated rings. The number of carbonyl (C=O) groups excluding carboxylic acids is 2. The maximum atomic E-state index is 14.0. The SMILES string of the molecule is CCOc1ccc(-n2c(CNC(=O)Cc3ccccc3)nnc2SCC(=O)N2N=C(c3cccs3)CC2c2cccc(OC)c2OC)cc1. The number of thioether (sulfide) groups is 1. The standard InChI is InChI=1S/C36H36N6O5S2/c1-4-47-26-17-15-25(16-18-26)41-32(22-37-33(43)20-24-10-6-5-7-11-24)38-39-36(41)49-23-34(44)42-29(21-28(40-42)31-14-9-19-48-31)27-12-8-13-30(45-2)35(27)46-3/h5-19,29H,4,20-23H2,1-3H3,(H,37,43). The molecule has 3 aromatic carbocycles. The lowest BCUT2D eigenvalue weighted by Crippen LogP contribution is -2.29. The largest absolute Gasteiger partial charge is 0.494 e. The van der Waals surface area contributed by atoms with Gasteiger partial charge in [-0.3, -0.25) is 14.2 Å². The van der Waals surface area contributed by atoms with Gasteiger partial charge >= 0.3 is 0 Å². The lowest BCUT2D eigenvalue weighted by Gasteiger charge is -2.24. The molecule has 1 atom stereocenters. The van der Waals surface area contributed by atoms with Crippen molar-refractivity contribution in [3.05, 3.63) is 112 Å². The second-order valence-corrected chi connectivity index (χ2v) is 12.8. The van der Waals surface area contributed by atoms with E-state index in [4.69, 9.17) is 19.3 Å². The fraction of sp³-hybridized carbons (Fsp3) is 0.250. The Morgan fingerprint density at radius 1 is 0.959 bits per heavy atom. The second-order valence-electron chi connectivity index (χ2n) is 11.0. The fourth-order valence-corrected chi connectivity index (χ4v) is 7.13. The van der Waals surface area contributed by atoms with Crippen LogP contribution in [0.1, 0.15) is 41.2 Å². The van der Waals surface area contributed by atoms with Crippen molar-refractivity contribution in [1.29, 1.82) is 0 Å². The molecule has 6 rings (SSSR count). The minimum Gasteiger partial charge on any atom is -0.494 e. The summed E-state index contributed by atoms with van der Waals surface area (Å²) in [4.78, 5) is 27.8. The van der Waals surface area contributed by atoms with Crippen LogP contribution in [0.15, 0.2) is 101 Å².